The van der Waals surface area contributed by atoms with E-state index in [9.17, 15) is 4.79 Å². The smallest absolute Gasteiger partial charge is 0.253 e. The van der Waals surface area contributed by atoms with E-state index in [1.54, 1.807) is 0 Å². The fourth-order valence-electron chi connectivity index (χ4n) is 4.12. The lowest BCUT2D eigenvalue weighted by Crippen LogP contribution is -2.36. The minimum absolute atomic E-state index is 0.215. The average molecular weight is 344 g/mol. The number of hydrogen-bond acceptors (Lipinski definition) is 3. The molecule has 0 radical (unpaired) electrons. The Morgan fingerprint density at radius 2 is 1.88 bits per heavy atom. The van der Waals surface area contributed by atoms with Gasteiger partial charge in [0.25, 0.3) is 5.91 Å². The lowest BCUT2D eigenvalue weighted by Gasteiger charge is -2.32. The lowest BCUT2D eigenvalue weighted by molar-refractivity contribution is 0.0724. The van der Waals surface area contributed by atoms with Crippen molar-refractivity contribution in [3.05, 3.63) is 35.4 Å². The van der Waals surface area contributed by atoms with Crippen LogP contribution in [0.4, 0.5) is 0 Å². The van der Waals surface area contributed by atoms with E-state index >= 15 is 0 Å². The van der Waals surface area contributed by atoms with Crippen LogP contribution in [0.3, 0.4) is 0 Å². The van der Waals surface area contributed by atoms with Gasteiger partial charge in [-0.15, -0.1) is 0 Å². The SMILES string of the molecule is CNCCC1CCN(Cc2cccc(C(=O)N3CCCCC3)c2)CC1. The van der Waals surface area contributed by atoms with E-state index in [0.717, 1.165) is 50.5 Å². The molecule has 3 rings (SSSR count). The van der Waals surface area contributed by atoms with E-state index < -0.39 is 0 Å². The van der Waals surface area contributed by atoms with Gasteiger partial charge < -0.3 is 10.2 Å². The van der Waals surface area contributed by atoms with Gasteiger partial charge in [-0.25, -0.2) is 0 Å². The summed E-state index contributed by atoms with van der Waals surface area (Å²) in [6.07, 6.45) is 7.45. The molecule has 1 N–H and O–H groups in total. The third-order valence-electron chi connectivity index (χ3n) is 5.73. The van der Waals surface area contributed by atoms with Crippen molar-refractivity contribution in [1.82, 2.24) is 15.1 Å². The van der Waals surface area contributed by atoms with E-state index in [2.05, 4.69) is 22.3 Å². The molecule has 0 atom stereocenters. The first-order valence-corrected chi connectivity index (χ1v) is 10.0. The summed E-state index contributed by atoms with van der Waals surface area (Å²) >= 11 is 0. The molecule has 0 unspecified atom stereocenters. The van der Waals surface area contributed by atoms with Crippen LogP contribution in [-0.4, -0.2) is 55.5 Å². The standard InChI is InChI=1S/C21H33N3O/c1-22-11-8-18-9-14-23(15-10-18)17-19-6-5-7-20(16-19)21(25)24-12-3-2-4-13-24/h5-7,16,18,22H,2-4,8-15,17H2,1H3. The molecule has 2 aliphatic rings. The van der Waals surface area contributed by atoms with Crippen LogP contribution >= 0.6 is 0 Å². The molecule has 2 saturated heterocycles. The highest BCUT2D eigenvalue weighted by Gasteiger charge is 2.20. The van der Waals surface area contributed by atoms with Crippen molar-refractivity contribution < 1.29 is 4.79 Å². The largest absolute Gasteiger partial charge is 0.339 e. The van der Waals surface area contributed by atoms with Gasteiger partial charge in [-0.1, -0.05) is 12.1 Å². The molecule has 4 heteroatoms. The molecule has 1 aromatic rings. The third-order valence-corrected chi connectivity index (χ3v) is 5.73. The highest BCUT2D eigenvalue weighted by molar-refractivity contribution is 5.94. The van der Waals surface area contributed by atoms with Crippen LogP contribution < -0.4 is 5.32 Å². The molecule has 138 valence electrons. The van der Waals surface area contributed by atoms with Crippen LogP contribution in [-0.2, 0) is 6.54 Å². The molecule has 0 saturated carbocycles. The maximum Gasteiger partial charge on any atom is 0.253 e. The summed E-state index contributed by atoms with van der Waals surface area (Å²) in [6, 6.07) is 8.31. The number of rotatable bonds is 6. The number of hydrogen-bond donors (Lipinski definition) is 1. The number of nitrogens with one attached hydrogen (secondary N) is 1. The Morgan fingerprint density at radius 3 is 2.60 bits per heavy atom. The first-order valence-electron chi connectivity index (χ1n) is 10.0. The summed E-state index contributed by atoms with van der Waals surface area (Å²) in [5, 5.41) is 3.26. The summed E-state index contributed by atoms with van der Waals surface area (Å²) in [4.78, 5) is 17.3. The van der Waals surface area contributed by atoms with Gasteiger partial charge in [0.2, 0.25) is 0 Å². The van der Waals surface area contributed by atoms with E-state index in [1.165, 1.54) is 44.3 Å². The minimum Gasteiger partial charge on any atom is -0.339 e. The van der Waals surface area contributed by atoms with Crippen LogP contribution in [0, 0.1) is 5.92 Å². The Kier molecular flexibility index (Phi) is 6.88. The fourth-order valence-corrected chi connectivity index (χ4v) is 4.12. The third kappa shape index (κ3) is 5.29. The average Bonchev–Trinajstić information content (AvgIpc) is 2.68. The highest BCUT2D eigenvalue weighted by atomic mass is 16.2. The Morgan fingerprint density at radius 1 is 1.12 bits per heavy atom. The summed E-state index contributed by atoms with van der Waals surface area (Å²) in [6.45, 7) is 6.30. The summed E-state index contributed by atoms with van der Waals surface area (Å²) in [5.74, 6) is 1.09. The minimum atomic E-state index is 0.215. The van der Waals surface area contributed by atoms with Crippen molar-refractivity contribution in [3.8, 4) is 0 Å². The number of nitrogens with zero attached hydrogens (tertiary/aromatic N) is 2. The number of piperidine rings is 2. The lowest BCUT2D eigenvalue weighted by atomic mass is 9.93. The van der Waals surface area contributed by atoms with E-state index in [1.807, 2.05) is 24.1 Å². The molecule has 1 amide bonds. The van der Waals surface area contributed by atoms with Gasteiger partial charge in [-0.05, 0) is 88.8 Å². The van der Waals surface area contributed by atoms with Gasteiger partial charge in [0.15, 0.2) is 0 Å². The summed E-state index contributed by atoms with van der Waals surface area (Å²) in [5.41, 5.74) is 2.14. The predicted molar refractivity (Wildman–Crippen MR) is 103 cm³/mol. The Bertz CT molecular complexity index is 546. The second kappa shape index (κ2) is 9.35. The fraction of sp³-hybridized carbons (Fsp3) is 0.667. The highest BCUT2D eigenvalue weighted by Crippen LogP contribution is 2.22. The van der Waals surface area contributed by atoms with Crippen LogP contribution in [0.5, 0.6) is 0 Å². The van der Waals surface area contributed by atoms with E-state index in [4.69, 9.17) is 0 Å². The normalized spacial score (nSPS) is 20.0. The molecule has 2 fully saturated rings. The van der Waals surface area contributed by atoms with Gasteiger partial charge in [0.05, 0.1) is 0 Å². The van der Waals surface area contributed by atoms with Crippen molar-refractivity contribution in [2.45, 2.75) is 45.1 Å². The molecular weight excluding hydrogens is 310 g/mol. The summed E-state index contributed by atoms with van der Waals surface area (Å²) in [7, 11) is 2.04. The van der Waals surface area contributed by atoms with E-state index in [0.29, 0.717) is 0 Å². The molecule has 25 heavy (non-hydrogen) atoms. The van der Waals surface area contributed by atoms with Gasteiger partial charge in [-0.2, -0.15) is 0 Å². The number of benzene rings is 1. The van der Waals surface area contributed by atoms with Crippen molar-refractivity contribution in [1.29, 1.82) is 0 Å². The molecule has 2 heterocycles. The van der Waals surface area contributed by atoms with Crippen LogP contribution in [0.15, 0.2) is 24.3 Å². The zero-order chi connectivity index (χ0) is 17.5. The number of likely N-dealkylation sites (tertiary alicyclic amines) is 2. The van der Waals surface area contributed by atoms with Crippen molar-refractivity contribution in [2.24, 2.45) is 5.92 Å². The number of amides is 1. The first-order chi connectivity index (χ1) is 12.3. The Labute approximate surface area is 152 Å². The van der Waals surface area contributed by atoms with Gasteiger partial charge >= 0.3 is 0 Å². The topological polar surface area (TPSA) is 35.6 Å². The van der Waals surface area contributed by atoms with Gasteiger partial charge in [0.1, 0.15) is 0 Å². The number of carbonyl (C=O) groups excluding carboxylic acids is 1. The predicted octanol–water partition coefficient (Wildman–Crippen LogP) is 3.13. The Hall–Kier alpha value is -1.39. The van der Waals surface area contributed by atoms with Gasteiger partial charge in [0, 0.05) is 25.2 Å². The molecule has 0 aromatic heterocycles. The monoisotopic (exact) mass is 343 g/mol. The van der Waals surface area contributed by atoms with Crippen molar-refractivity contribution in [3.63, 3.8) is 0 Å². The quantitative estimate of drug-likeness (QED) is 0.862. The van der Waals surface area contributed by atoms with Crippen molar-refractivity contribution in [2.75, 3.05) is 39.8 Å². The molecular formula is C21H33N3O. The number of carbonyl (C=O) groups is 1. The van der Waals surface area contributed by atoms with Crippen LogP contribution in [0.2, 0.25) is 0 Å². The molecule has 4 nitrogen and oxygen atoms in total. The second-order valence-corrected chi connectivity index (χ2v) is 7.66. The summed E-state index contributed by atoms with van der Waals surface area (Å²) < 4.78 is 0. The molecule has 2 aliphatic heterocycles. The van der Waals surface area contributed by atoms with Crippen LogP contribution in [0.25, 0.3) is 0 Å². The molecule has 1 aromatic carbocycles. The second-order valence-electron chi connectivity index (χ2n) is 7.66. The molecule has 0 spiro atoms. The maximum atomic E-state index is 12.7. The van der Waals surface area contributed by atoms with E-state index in [-0.39, 0.29) is 5.91 Å². The zero-order valence-corrected chi connectivity index (χ0v) is 15.7. The molecule has 0 aliphatic carbocycles. The maximum absolute atomic E-state index is 12.7. The first kappa shape index (κ1) is 18.4. The Balaban J connectivity index is 1.52. The van der Waals surface area contributed by atoms with Crippen LogP contribution in [0.1, 0.15) is 54.4 Å². The zero-order valence-electron chi connectivity index (χ0n) is 15.7. The van der Waals surface area contributed by atoms with Crippen molar-refractivity contribution >= 4 is 5.91 Å². The van der Waals surface area contributed by atoms with Gasteiger partial charge in [-0.3, -0.25) is 9.69 Å². The molecule has 0 bridgehead atoms.